The van der Waals surface area contributed by atoms with E-state index in [1.165, 1.54) is 6.07 Å². The lowest BCUT2D eigenvalue weighted by Crippen LogP contribution is -2.26. The van der Waals surface area contributed by atoms with E-state index in [0.29, 0.717) is 6.42 Å². The van der Waals surface area contributed by atoms with Gasteiger partial charge in [0.15, 0.2) is 0 Å². The van der Waals surface area contributed by atoms with Crippen molar-refractivity contribution in [3.05, 3.63) is 35.6 Å². The molecule has 1 aliphatic rings. The van der Waals surface area contributed by atoms with E-state index in [1.54, 1.807) is 12.1 Å². The lowest BCUT2D eigenvalue weighted by molar-refractivity contribution is 0.432. The molecule has 0 aromatic heterocycles. The largest absolute Gasteiger partial charge is 0.310 e. The fourth-order valence-corrected chi connectivity index (χ4v) is 2.02. The first-order valence-corrected chi connectivity index (χ1v) is 6.01. The summed E-state index contributed by atoms with van der Waals surface area (Å²) in [4.78, 5) is 0. The zero-order valence-electron chi connectivity index (χ0n) is 10.0. The molecule has 17 heavy (non-hydrogen) atoms. The summed E-state index contributed by atoms with van der Waals surface area (Å²) in [5.41, 5.74) is 1.15. The summed E-state index contributed by atoms with van der Waals surface area (Å²) < 4.78 is 13.1. The van der Waals surface area contributed by atoms with Gasteiger partial charge in [-0.3, -0.25) is 0 Å². The van der Waals surface area contributed by atoms with E-state index in [0.717, 1.165) is 24.9 Å². The second kappa shape index (κ2) is 4.85. The fraction of sp³-hybridized carbons (Fsp3) is 0.500. The zero-order valence-corrected chi connectivity index (χ0v) is 10.0. The Bertz CT molecular complexity index is 432. The van der Waals surface area contributed by atoms with Gasteiger partial charge in [0.2, 0.25) is 0 Å². The van der Waals surface area contributed by atoms with Crippen LogP contribution in [0.25, 0.3) is 0 Å². The topological polar surface area (TPSA) is 35.8 Å². The highest BCUT2D eigenvalue weighted by Gasteiger charge is 2.42. The van der Waals surface area contributed by atoms with Gasteiger partial charge < -0.3 is 5.32 Å². The maximum Gasteiger partial charge on any atom is 0.123 e. The summed E-state index contributed by atoms with van der Waals surface area (Å²) >= 11 is 0. The van der Waals surface area contributed by atoms with Crippen LogP contribution < -0.4 is 5.32 Å². The molecule has 2 rings (SSSR count). The third kappa shape index (κ3) is 3.04. The molecule has 0 heterocycles. The molecule has 3 heteroatoms. The van der Waals surface area contributed by atoms with Crippen LogP contribution in [0.1, 0.15) is 37.8 Å². The first-order valence-electron chi connectivity index (χ1n) is 6.01. The summed E-state index contributed by atoms with van der Waals surface area (Å²) in [7, 11) is 0. The van der Waals surface area contributed by atoms with Crippen LogP contribution >= 0.6 is 0 Å². The molecule has 0 aliphatic heterocycles. The molecule has 1 N–H and O–H groups in total. The van der Waals surface area contributed by atoms with Crippen molar-refractivity contribution in [3.8, 4) is 6.07 Å². The SMILES string of the molecule is C[C@H](NCC1(CC#N)CC1)c1cccc(F)c1. The van der Waals surface area contributed by atoms with Crippen molar-refractivity contribution < 1.29 is 4.39 Å². The van der Waals surface area contributed by atoms with E-state index < -0.39 is 0 Å². The smallest absolute Gasteiger partial charge is 0.123 e. The molecule has 0 bridgehead atoms. The molecule has 0 amide bonds. The minimum atomic E-state index is -0.200. The quantitative estimate of drug-likeness (QED) is 0.846. The van der Waals surface area contributed by atoms with Crippen LogP contribution in [0.4, 0.5) is 4.39 Å². The van der Waals surface area contributed by atoms with Crippen molar-refractivity contribution >= 4 is 0 Å². The molecule has 90 valence electrons. The Hall–Kier alpha value is -1.40. The normalized spacial score (nSPS) is 18.4. The molecule has 1 aromatic carbocycles. The van der Waals surface area contributed by atoms with Crippen LogP contribution in [0.3, 0.4) is 0 Å². The van der Waals surface area contributed by atoms with Crippen LogP contribution in [-0.4, -0.2) is 6.54 Å². The Morgan fingerprint density at radius 3 is 2.88 bits per heavy atom. The molecule has 1 atom stereocenters. The Morgan fingerprint density at radius 1 is 1.53 bits per heavy atom. The maximum absolute atomic E-state index is 13.1. The van der Waals surface area contributed by atoms with E-state index in [9.17, 15) is 4.39 Å². The zero-order chi connectivity index (χ0) is 12.3. The van der Waals surface area contributed by atoms with Gasteiger partial charge in [0, 0.05) is 19.0 Å². The van der Waals surface area contributed by atoms with E-state index in [2.05, 4.69) is 11.4 Å². The van der Waals surface area contributed by atoms with Crippen molar-refractivity contribution in [1.29, 1.82) is 5.26 Å². The highest BCUT2D eigenvalue weighted by atomic mass is 19.1. The first kappa shape index (κ1) is 12.1. The molecule has 0 spiro atoms. The number of benzene rings is 1. The number of rotatable bonds is 5. The first-order chi connectivity index (χ1) is 8.15. The molecular formula is C14H17FN2. The number of hydrogen-bond acceptors (Lipinski definition) is 2. The molecule has 1 saturated carbocycles. The lowest BCUT2D eigenvalue weighted by Gasteiger charge is -2.18. The van der Waals surface area contributed by atoms with Crippen molar-refractivity contribution in [2.45, 2.75) is 32.2 Å². The molecule has 0 unspecified atom stereocenters. The molecule has 1 fully saturated rings. The number of nitrogens with one attached hydrogen (secondary N) is 1. The summed E-state index contributed by atoms with van der Waals surface area (Å²) in [6.07, 6.45) is 2.88. The van der Waals surface area contributed by atoms with Gasteiger partial charge in [0.25, 0.3) is 0 Å². The predicted octanol–water partition coefficient (Wildman–Crippen LogP) is 3.17. The van der Waals surface area contributed by atoms with Gasteiger partial charge in [-0.25, -0.2) is 4.39 Å². The average molecular weight is 232 g/mol. The van der Waals surface area contributed by atoms with Gasteiger partial charge in [-0.1, -0.05) is 12.1 Å². The predicted molar refractivity (Wildman–Crippen MR) is 64.7 cm³/mol. The van der Waals surface area contributed by atoms with Crippen molar-refractivity contribution in [2.75, 3.05) is 6.54 Å². The van der Waals surface area contributed by atoms with Gasteiger partial charge in [-0.05, 0) is 42.9 Å². The van der Waals surface area contributed by atoms with Crippen molar-refractivity contribution in [2.24, 2.45) is 5.41 Å². The molecule has 1 aromatic rings. The van der Waals surface area contributed by atoms with Crippen LogP contribution in [0, 0.1) is 22.6 Å². The summed E-state index contributed by atoms with van der Waals surface area (Å²) in [5.74, 6) is -0.200. The fourth-order valence-electron chi connectivity index (χ4n) is 2.02. The lowest BCUT2D eigenvalue weighted by atomic mass is 10.0. The number of halogens is 1. The van der Waals surface area contributed by atoms with E-state index >= 15 is 0 Å². The molecule has 0 radical (unpaired) electrons. The van der Waals surface area contributed by atoms with Crippen molar-refractivity contribution in [1.82, 2.24) is 5.32 Å². The Kier molecular flexibility index (Phi) is 3.44. The standard InChI is InChI=1S/C14H17FN2/c1-11(12-3-2-4-13(15)9-12)17-10-14(5-6-14)7-8-16/h2-4,9,11,17H,5-7,10H2,1H3/t11-/m0/s1. The number of nitrogens with zero attached hydrogens (tertiary/aromatic N) is 1. The summed E-state index contributed by atoms with van der Waals surface area (Å²) in [6, 6.07) is 9.03. The molecular weight excluding hydrogens is 215 g/mol. The van der Waals surface area contributed by atoms with E-state index in [1.807, 2.05) is 13.0 Å². The third-order valence-electron chi connectivity index (χ3n) is 3.54. The monoisotopic (exact) mass is 232 g/mol. The van der Waals surface area contributed by atoms with Gasteiger partial charge in [-0.15, -0.1) is 0 Å². The summed E-state index contributed by atoms with van der Waals surface area (Å²) in [5, 5.41) is 12.1. The minimum Gasteiger partial charge on any atom is -0.310 e. The Labute approximate surface area is 101 Å². The average Bonchev–Trinajstić information content (AvgIpc) is 3.07. The minimum absolute atomic E-state index is 0.127. The highest BCUT2D eigenvalue weighted by Crippen LogP contribution is 2.48. The third-order valence-corrected chi connectivity index (χ3v) is 3.54. The van der Waals surface area contributed by atoms with Crippen LogP contribution in [0.15, 0.2) is 24.3 Å². The Morgan fingerprint density at radius 2 is 2.29 bits per heavy atom. The molecule has 0 saturated heterocycles. The van der Waals surface area contributed by atoms with Gasteiger partial charge in [0.05, 0.1) is 6.07 Å². The Balaban J connectivity index is 1.90. The van der Waals surface area contributed by atoms with Crippen LogP contribution in [0.5, 0.6) is 0 Å². The van der Waals surface area contributed by atoms with Gasteiger partial charge in [0.1, 0.15) is 5.82 Å². The van der Waals surface area contributed by atoms with Crippen LogP contribution in [-0.2, 0) is 0 Å². The van der Waals surface area contributed by atoms with Crippen LogP contribution in [0.2, 0.25) is 0 Å². The summed E-state index contributed by atoms with van der Waals surface area (Å²) in [6.45, 7) is 2.87. The number of hydrogen-bond donors (Lipinski definition) is 1. The highest BCUT2D eigenvalue weighted by molar-refractivity contribution is 5.19. The number of nitriles is 1. The van der Waals surface area contributed by atoms with E-state index in [4.69, 9.17) is 5.26 Å². The maximum atomic E-state index is 13.1. The van der Waals surface area contributed by atoms with Gasteiger partial charge >= 0.3 is 0 Å². The van der Waals surface area contributed by atoms with E-state index in [-0.39, 0.29) is 17.3 Å². The molecule has 1 aliphatic carbocycles. The molecule has 2 nitrogen and oxygen atoms in total. The second-order valence-corrected chi connectivity index (χ2v) is 4.99. The van der Waals surface area contributed by atoms with Gasteiger partial charge in [-0.2, -0.15) is 5.26 Å². The second-order valence-electron chi connectivity index (χ2n) is 4.99. The van der Waals surface area contributed by atoms with Crippen molar-refractivity contribution in [3.63, 3.8) is 0 Å².